The van der Waals surface area contributed by atoms with Gasteiger partial charge in [0, 0.05) is 24.7 Å². The summed E-state index contributed by atoms with van der Waals surface area (Å²) in [6.07, 6.45) is 0. The maximum atomic E-state index is 12.8. The number of rotatable bonds is 3. The first-order valence-corrected chi connectivity index (χ1v) is 6.83. The Balaban J connectivity index is 2.25. The van der Waals surface area contributed by atoms with Crippen LogP contribution in [0.5, 0.6) is 0 Å². The lowest BCUT2D eigenvalue weighted by molar-refractivity contribution is 0.0597. The van der Waals surface area contributed by atoms with Gasteiger partial charge in [0.25, 0.3) is 5.56 Å². The highest BCUT2D eigenvalue weighted by molar-refractivity contribution is 6.17. The molecule has 1 N–H and O–H groups in total. The molecule has 0 fully saturated rings. The van der Waals surface area contributed by atoms with Gasteiger partial charge in [-0.3, -0.25) is 14.2 Å². The third-order valence-electron chi connectivity index (χ3n) is 3.61. The quantitative estimate of drug-likeness (QED) is 0.682. The number of carbonyl (C=O) groups is 2. The van der Waals surface area contributed by atoms with Gasteiger partial charge in [-0.15, -0.1) is 0 Å². The fourth-order valence-corrected chi connectivity index (χ4v) is 2.57. The Labute approximate surface area is 126 Å². The standard InChI is InChI=1S/C16H14N2O4/c1-22-16(21)11-9-12(19)18-8-7-17-15(18)13(11)14(20)10-5-3-2-4-6-10/h2-6,9,17H,7-8H2,1H3. The zero-order valence-electron chi connectivity index (χ0n) is 12.0. The van der Waals surface area contributed by atoms with Gasteiger partial charge >= 0.3 is 5.97 Å². The highest BCUT2D eigenvalue weighted by Gasteiger charge is 2.28. The predicted octanol–water partition coefficient (Wildman–Crippen LogP) is 1.29. The van der Waals surface area contributed by atoms with Crippen LogP contribution in [0.1, 0.15) is 26.3 Å². The van der Waals surface area contributed by atoms with E-state index in [1.807, 2.05) is 0 Å². The summed E-state index contributed by atoms with van der Waals surface area (Å²) in [6.45, 7) is 1.000. The molecule has 0 saturated heterocycles. The number of nitrogens with one attached hydrogen (secondary N) is 1. The van der Waals surface area contributed by atoms with Crippen LogP contribution >= 0.6 is 0 Å². The van der Waals surface area contributed by atoms with Crippen LogP contribution in [-0.2, 0) is 11.3 Å². The van der Waals surface area contributed by atoms with Crippen molar-refractivity contribution in [2.45, 2.75) is 6.54 Å². The van der Waals surface area contributed by atoms with Gasteiger partial charge in [-0.05, 0) is 0 Å². The van der Waals surface area contributed by atoms with Gasteiger partial charge in [0.2, 0.25) is 0 Å². The van der Waals surface area contributed by atoms with Crippen molar-refractivity contribution in [3.8, 4) is 0 Å². The van der Waals surface area contributed by atoms with Crippen molar-refractivity contribution in [3.05, 3.63) is 63.4 Å². The average molecular weight is 298 g/mol. The fraction of sp³-hybridized carbons (Fsp3) is 0.188. The van der Waals surface area contributed by atoms with Crippen molar-refractivity contribution >= 4 is 17.6 Å². The van der Waals surface area contributed by atoms with Gasteiger partial charge in [0.15, 0.2) is 5.78 Å². The fourth-order valence-electron chi connectivity index (χ4n) is 2.57. The zero-order chi connectivity index (χ0) is 15.7. The van der Waals surface area contributed by atoms with Gasteiger partial charge in [0.1, 0.15) is 5.82 Å². The number of benzene rings is 1. The Morgan fingerprint density at radius 2 is 1.95 bits per heavy atom. The summed E-state index contributed by atoms with van der Waals surface area (Å²) in [7, 11) is 1.22. The van der Waals surface area contributed by atoms with E-state index in [0.29, 0.717) is 24.5 Å². The normalized spacial score (nSPS) is 12.4. The van der Waals surface area contributed by atoms with E-state index in [9.17, 15) is 14.4 Å². The van der Waals surface area contributed by atoms with Crippen molar-refractivity contribution in [1.29, 1.82) is 0 Å². The number of aromatic nitrogens is 1. The Hall–Kier alpha value is -2.89. The zero-order valence-corrected chi connectivity index (χ0v) is 12.0. The van der Waals surface area contributed by atoms with Crippen molar-refractivity contribution in [3.63, 3.8) is 0 Å². The molecule has 0 saturated carbocycles. The molecular weight excluding hydrogens is 284 g/mol. The Morgan fingerprint density at radius 3 is 2.64 bits per heavy atom. The summed E-state index contributed by atoms with van der Waals surface area (Å²) in [6, 6.07) is 9.79. The molecule has 1 aromatic carbocycles. The van der Waals surface area contributed by atoms with Crippen LogP contribution in [0, 0.1) is 0 Å². The molecule has 0 bridgehead atoms. The number of pyridine rings is 1. The number of methoxy groups -OCH3 is 1. The number of ketones is 1. The van der Waals surface area contributed by atoms with E-state index in [0.717, 1.165) is 0 Å². The molecule has 0 radical (unpaired) electrons. The first kappa shape index (κ1) is 14.1. The molecule has 3 rings (SSSR count). The minimum absolute atomic E-state index is 0.0120. The van der Waals surface area contributed by atoms with Gasteiger partial charge < -0.3 is 10.1 Å². The summed E-state index contributed by atoms with van der Waals surface area (Å²) in [5.74, 6) is -0.644. The predicted molar refractivity (Wildman–Crippen MR) is 80.4 cm³/mol. The topological polar surface area (TPSA) is 77.4 Å². The molecule has 112 valence electrons. The molecule has 6 nitrogen and oxygen atoms in total. The molecule has 2 aromatic rings. The van der Waals surface area contributed by atoms with Crippen molar-refractivity contribution in [1.82, 2.24) is 4.57 Å². The third-order valence-corrected chi connectivity index (χ3v) is 3.61. The summed E-state index contributed by atoms with van der Waals surface area (Å²) >= 11 is 0. The molecule has 0 aliphatic carbocycles. The average Bonchev–Trinajstić information content (AvgIpc) is 3.04. The molecular formula is C16H14N2O4. The number of ether oxygens (including phenoxy) is 1. The Bertz CT molecular complexity index is 809. The lowest BCUT2D eigenvalue weighted by Crippen LogP contribution is -2.24. The second-order valence-electron chi connectivity index (χ2n) is 4.89. The second kappa shape index (κ2) is 5.48. The smallest absolute Gasteiger partial charge is 0.338 e. The van der Waals surface area contributed by atoms with Crippen LogP contribution in [0.4, 0.5) is 5.82 Å². The summed E-state index contributed by atoms with van der Waals surface area (Å²) in [5, 5.41) is 3.01. The summed E-state index contributed by atoms with van der Waals surface area (Å²) in [4.78, 5) is 36.8. The van der Waals surface area contributed by atoms with Crippen LogP contribution in [0.3, 0.4) is 0 Å². The van der Waals surface area contributed by atoms with Gasteiger partial charge in [-0.2, -0.15) is 0 Å². The minimum Gasteiger partial charge on any atom is -0.465 e. The highest BCUT2D eigenvalue weighted by Crippen LogP contribution is 2.25. The molecule has 1 aliphatic rings. The van der Waals surface area contributed by atoms with E-state index in [-0.39, 0.29) is 22.5 Å². The molecule has 1 aliphatic heterocycles. The number of anilines is 1. The molecule has 2 heterocycles. The first-order chi connectivity index (χ1) is 10.6. The van der Waals surface area contributed by atoms with E-state index in [1.165, 1.54) is 17.7 Å². The molecule has 6 heteroatoms. The summed E-state index contributed by atoms with van der Waals surface area (Å²) < 4.78 is 6.17. The number of fused-ring (bicyclic) bond motifs is 1. The number of carbonyl (C=O) groups excluding carboxylic acids is 2. The number of hydrogen-bond acceptors (Lipinski definition) is 5. The van der Waals surface area contributed by atoms with Crippen molar-refractivity contribution in [2.24, 2.45) is 0 Å². The molecule has 1 aromatic heterocycles. The lowest BCUT2D eigenvalue weighted by atomic mass is 9.99. The molecule has 22 heavy (non-hydrogen) atoms. The Morgan fingerprint density at radius 1 is 1.23 bits per heavy atom. The van der Waals surface area contributed by atoms with Crippen LogP contribution in [-0.4, -0.2) is 30.0 Å². The van der Waals surface area contributed by atoms with Crippen LogP contribution in [0.25, 0.3) is 0 Å². The van der Waals surface area contributed by atoms with Crippen molar-refractivity contribution < 1.29 is 14.3 Å². The SMILES string of the molecule is COC(=O)c1cc(=O)n2c(c1C(=O)c1ccccc1)NCC2. The minimum atomic E-state index is -0.700. The van der Waals surface area contributed by atoms with Crippen LogP contribution in [0.2, 0.25) is 0 Å². The van der Waals surface area contributed by atoms with Crippen LogP contribution in [0.15, 0.2) is 41.2 Å². The van der Waals surface area contributed by atoms with E-state index in [1.54, 1.807) is 30.3 Å². The van der Waals surface area contributed by atoms with Crippen molar-refractivity contribution in [2.75, 3.05) is 19.0 Å². The van der Waals surface area contributed by atoms with Crippen LogP contribution < -0.4 is 10.9 Å². The van der Waals surface area contributed by atoms with E-state index in [2.05, 4.69) is 5.32 Å². The van der Waals surface area contributed by atoms with Gasteiger partial charge in [-0.1, -0.05) is 30.3 Å². The summed E-state index contributed by atoms with van der Waals surface area (Å²) in [5.41, 5.74) is 0.282. The van der Waals surface area contributed by atoms with Gasteiger partial charge in [0.05, 0.1) is 18.2 Å². The van der Waals surface area contributed by atoms with E-state index < -0.39 is 5.97 Å². The number of hydrogen-bond donors (Lipinski definition) is 1. The molecule has 0 unspecified atom stereocenters. The van der Waals surface area contributed by atoms with Gasteiger partial charge in [-0.25, -0.2) is 4.79 Å². The first-order valence-electron chi connectivity index (χ1n) is 6.83. The molecule has 0 spiro atoms. The molecule has 0 amide bonds. The van der Waals surface area contributed by atoms with E-state index in [4.69, 9.17) is 4.74 Å². The maximum Gasteiger partial charge on any atom is 0.338 e. The third kappa shape index (κ3) is 2.18. The van der Waals surface area contributed by atoms with E-state index >= 15 is 0 Å². The monoisotopic (exact) mass is 298 g/mol. The highest BCUT2D eigenvalue weighted by atomic mass is 16.5. The lowest BCUT2D eigenvalue weighted by Gasteiger charge is -2.13. The number of nitrogens with zero attached hydrogens (tertiary/aromatic N) is 1. The largest absolute Gasteiger partial charge is 0.465 e. The number of esters is 1. The maximum absolute atomic E-state index is 12.8. The Kier molecular flexibility index (Phi) is 3.50. The second-order valence-corrected chi connectivity index (χ2v) is 4.89. The molecule has 0 atom stereocenters.